The fourth-order valence-corrected chi connectivity index (χ4v) is 4.03. The zero-order valence-electron chi connectivity index (χ0n) is 17.1. The number of para-hydroxylation sites is 1. The molecule has 0 saturated heterocycles. The normalized spacial score (nSPS) is 12.2. The number of rotatable bonds is 4. The minimum Gasteiger partial charge on any atom is -0.437 e. The third-order valence-electron chi connectivity index (χ3n) is 4.63. The van der Waals surface area contributed by atoms with Gasteiger partial charge in [-0.25, -0.2) is 9.97 Å². The van der Waals surface area contributed by atoms with E-state index >= 15 is 0 Å². The molecule has 0 spiro atoms. The van der Waals surface area contributed by atoms with Crippen LogP contribution in [0.1, 0.15) is 31.9 Å². The number of benzene rings is 2. The molecule has 0 unspecified atom stereocenters. The summed E-state index contributed by atoms with van der Waals surface area (Å²) in [5.74, 6) is 1.05. The van der Waals surface area contributed by atoms with Gasteiger partial charge in [-0.2, -0.15) is 13.2 Å². The highest BCUT2D eigenvalue weighted by Crippen LogP contribution is 2.38. The number of fused-ring (bicyclic) bond motifs is 1. The summed E-state index contributed by atoms with van der Waals surface area (Å²) in [6.45, 7) is 6.30. The first-order valence-corrected chi connectivity index (χ1v) is 10.4. The number of alkyl halides is 3. The number of ether oxygens (including phenoxy) is 1. The van der Waals surface area contributed by atoms with E-state index in [1.165, 1.54) is 6.07 Å². The summed E-state index contributed by atoms with van der Waals surface area (Å²) in [5.41, 5.74) is 1.28. The molecule has 2 heterocycles. The molecular weight excluding hydrogens is 423 g/mol. The third-order valence-corrected chi connectivity index (χ3v) is 5.56. The summed E-state index contributed by atoms with van der Waals surface area (Å²) in [4.78, 5) is 8.73. The topological polar surface area (TPSA) is 47.0 Å². The molecular formula is C23H20F3N3OS. The van der Waals surface area contributed by atoms with Gasteiger partial charge in [0.05, 0.1) is 15.8 Å². The Hall–Kier alpha value is -3.13. The number of hydrogen-bond acceptors (Lipinski definition) is 5. The molecule has 0 atom stereocenters. The highest BCUT2D eigenvalue weighted by molar-refractivity contribution is 7.22. The molecule has 4 rings (SSSR count). The Morgan fingerprint density at radius 3 is 2.48 bits per heavy atom. The Kier molecular flexibility index (Phi) is 5.35. The SMILES string of the molecule is CC(C)(C)c1ccccc1Oc1ncccc1Nc1nc2ccc(C(F)(F)F)cc2s1. The molecule has 1 N–H and O–H groups in total. The van der Waals surface area contributed by atoms with Crippen molar-refractivity contribution in [2.45, 2.75) is 32.4 Å². The first-order valence-electron chi connectivity index (χ1n) is 9.58. The van der Waals surface area contributed by atoms with E-state index in [0.29, 0.717) is 32.7 Å². The van der Waals surface area contributed by atoms with Crippen LogP contribution < -0.4 is 10.1 Å². The number of aromatic nitrogens is 2. The lowest BCUT2D eigenvalue weighted by Crippen LogP contribution is -2.12. The van der Waals surface area contributed by atoms with Gasteiger partial charge in [0.25, 0.3) is 0 Å². The average Bonchev–Trinajstić information content (AvgIpc) is 3.10. The zero-order chi connectivity index (χ0) is 22.2. The van der Waals surface area contributed by atoms with Gasteiger partial charge in [0.1, 0.15) is 11.4 Å². The van der Waals surface area contributed by atoms with Crippen molar-refractivity contribution in [3.63, 3.8) is 0 Å². The highest BCUT2D eigenvalue weighted by Gasteiger charge is 2.30. The van der Waals surface area contributed by atoms with Gasteiger partial charge in [-0.05, 0) is 41.8 Å². The lowest BCUT2D eigenvalue weighted by molar-refractivity contribution is -0.137. The number of anilines is 2. The van der Waals surface area contributed by atoms with E-state index in [1.807, 2.05) is 24.3 Å². The van der Waals surface area contributed by atoms with Crippen molar-refractivity contribution in [3.8, 4) is 11.6 Å². The van der Waals surface area contributed by atoms with E-state index in [1.54, 1.807) is 18.3 Å². The molecule has 0 aliphatic rings. The first-order chi connectivity index (χ1) is 14.6. The second-order valence-electron chi connectivity index (χ2n) is 8.03. The Balaban J connectivity index is 1.65. The molecule has 0 fully saturated rings. The molecule has 4 aromatic rings. The van der Waals surface area contributed by atoms with Crippen molar-refractivity contribution in [2.75, 3.05) is 5.32 Å². The molecule has 8 heteroatoms. The van der Waals surface area contributed by atoms with E-state index in [2.05, 4.69) is 36.1 Å². The fourth-order valence-electron chi connectivity index (χ4n) is 3.12. The molecule has 2 aromatic heterocycles. The van der Waals surface area contributed by atoms with Gasteiger partial charge in [-0.15, -0.1) is 0 Å². The van der Waals surface area contributed by atoms with Crippen LogP contribution >= 0.6 is 11.3 Å². The monoisotopic (exact) mass is 443 g/mol. The Bertz CT molecular complexity index is 1230. The predicted octanol–water partition coefficient (Wildman–Crippen LogP) is 7.54. The van der Waals surface area contributed by atoms with Crippen LogP contribution in [0.2, 0.25) is 0 Å². The van der Waals surface area contributed by atoms with Gasteiger partial charge in [0.15, 0.2) is 5.13 Å². The van der Waals surface area contributed by atoms with Gasteiger partial charge in [0, 0.05) is 11.8 Å². The van der Waals surface area contributed by atoms with Gasteiger partial charge < -0.3 is 10.1 Å². The van der Waals surface area contributed by atoms with Crippen molar-refractivity contribution in [1.82, 2.24) is 9.97 Å². The van der Waals surface area contributed by atoms with Gasteiger partial charge in [0.2, 0.25) is 5.88 Å². The second kappa shape index (κ2) is 7.85. The number of pyridine rings is 1. The lowest BCUT2D eigenvalue weighted by Gasteiger charge is -2.22. The Morgan fingerprint density at radius 1 is 0.968 bits per heavy atom. The molecule has 0 radical (unpaired) electrons. The van der Waals surface area contributed by atoms with Crippen molar-refractivity contribution in [2.24, 2.45) is 0 Å². The number of nitrogens with one attached hydrogen (secondary N) is 1. The summed E-state index contributed by atoms with van der Waals surface area (Å²) >= 11 is 1.14. The third kappa shape index (κ3) is 4.64. The van der Waals surface area contributed by atoms with Crippen LogP contribution in [0.5, 0.6) is 11.6 Å². The van der Waals surface area contributed by atoms with Crippen LogP contribution in [-0.4, -0.2) is 9.97 Å². The molecule has 0 bridgehead atoms. The predicted molar refractivity (Wildman–Crippen MR) is 117 cm³/mol. The molecule has 2 aromatic carbocycles. The standard InChI is InChI=1S/C23H20F3N3OS/c1-22(2,3)15-7-4-5-9-18(15)30-20-17(8-6-12-27-20)29-21-28-16-11-10-14(23(24,25)26)13-19(16)31-21/h4-13H,1-3H3,(H,28,29). The maximum atomic E-state index is 13.0. The summed E-state index contributed by atoms with van der Waals surface area (Å²) < 4.78 is 45.5. The van der Waals surface area contributed by atoms with Crippen LogP contribution in [0.4, 0.5) is 24.0 Å². The van der Waals surface area contributed by atoms with Crippen molar-refractivity contribution in [1.29, 1.82) is 0 Å². The van der Waals surface area contributed by atoms with E-state index in [9.17, 15) is 13.2 Å². The molecule has 0 amide bonds. The van der Waals surface area contributed by atoms with Crippen LogP contribution in [0.25, 0.3) is 10.2 Å². The Morgan fingerprint density at radius 2 is 1.74 bits per heavy atom. The first kappa shape index (κ1) is 21.1. The maximum absolute atomic E-state index is 13.0. The van der Waals surface area contributed by atoms with Crippen LogP contribution in [0.15, 0.2) is 60.8 Å². The summed E-state index contributed by atoms with van der Waals surface area (Å²) in [7, 11) is 0. The molecule has 31 heavy (non-hydrogen) atoms. The molecule has 4 nitrogen and oxygen atoms in total. The average molecular weight is 443 g/mol. The quantitative estimate of drug-likeness (QED) is 0.354. The van der Waals surface area contributed by atoms with Crippen LogP contribution in [-0.2, 0) is 11.6 Å². The van der Waals surface area contributed by atoms with Crippen LogP contribution in [0.3, 0.4) is 0 Å². The van der Waals surface area contributed by atoms with E-state index in [0.717, 1.165) is 29.0 Å². The minimum absolute atomic E-state index is 0.123. The zero-order valence-corrected chi connectivity index (χ0v) is 17.9. The highest BCUT2D eigenvalue weighted by atomic mass is 32.1. The molecule has 160 valence electrons. The van der Waals surface area contributed by atoms with Gasteiger partial charge in [-0.3, -0.25) is 0 Å². The maximum Gasteiger partial charge on any atom is 0.416 e. The van der Waals surface area contributed by atoms with E-state index in [-0.39, 0.29) is 5.41 Å². The molecule has 0 aliphatic carbocycles. The number of halogens is 3. The minimum atomic E-state index is -4.39. The summed E-state index contributed by atoms with van der Waals surface area (Å²) in [6, 6.07) is 14.8. The largest absolute Gasteiger partial charge is 0.437 e. The Labute approximate surface area is 181 Å². The molecule has 0 aliphatic heterocycles. The fraction of sp³-hybridized carbons (Fsp3) is 0.217. The van der Waals surface area contributed by atoms with Crippen molar-refractivity contribution < 1.29 is 17.9 Å². The van der Waals surface area contributed by atoms with Crippen LogP contribution in [0, 0.1) is 0 Å². The van der Waals surface area contributed by atoms with Crippen molar-refractivity contribution >= 4 is 32.4 Å². The number of nitrogens with zero attached hydrogens (tertiary/aromatic N) is 2. The van der Waals surface area contributed by atoms with E-state index in [4.69, 9.17) is 4.74 Å². The van der Waals surface area contributed by atoms with E-state index < -0.39 is 11.7 Å². The van der Waals surface area contributed by atoms with Crippen molar-refractivity contribution in [3.05, 3.63) is 71.9 Å². The van der Waals surface area contributed by atoms with Gasteiger partial charge in [-0.1, -0.05) is 50.3 Å². The second-order valence-corrected chi connectivity index (χ2v) is 9.06. The number of thiazole rings is 1. The number of hydrogen-bond donors (Lipinski definition) is 1. The molecule has 0 saturated carbocycles. The van der Waals surface area contributed by atoms with Gasteiger partial charge >= 0.3 is 6.18 Å². The smallest absolute Gasteiger partial charge is 0.416 e. The summed E-state index contributed by atoms with van der Waals surface area (Å²) in [6.07, 6.45) is -2.77. The lowest BCUT2D eigenvalue weighted by atomic mass is 9.86. The summed E-state index contributed by atoms with van der Waals surface area (Å²) in [5, 5.41) is 3.59.